The molecule has 2 fully saturated rings. The van der Waals surface area contributed by atoms with E-state index in [1.807, 2.05) is 17.9 Å². The van der Waals surface area contributed by atoms with E-state index in [1.54, 1.807) is 0 Å². The summed E-state index contributed by atoms with van der Waals surface area (Å²) in [5, 5.41) is 12.9. The molecule has 2 aromatic carbocycles. The highest BCUT2D eigenvalue weighted by atomic mass is 19.1. The molecule has 9 nitrogen and oxygen atoms in total. The summed E-state index contributed by atoms with van der Waals surface area (Å²) in [4.78, 5) is 39.7. The van der Waals surface area contributed by atoms with Crippen LogP contribution in [0.2, 0.25) is 0 Å². The third-order valence-electron chi connectivity index (χ3n) is 8.90. The van der Waals surface area contributed by atoms with E-state index in [0.717, 1.165) is 35.6 Å². The van der Waals surface area contributed by atoms with Crippen molar-refractivity contribution in [2.45, 2.75) is 26.3 Å². The normalized spacial score (nSPS) is 17.1. The number of nitrogens with zero attached hydrogens (tertiary/aromatic N) is 7. The SMILES string of the molecule is C=C(F)C(=O)N1CCN(c2nc(N3CCN(C(=O)CC)CC3)c(C#N)c3c2CCN(c2cccc4ccccc24)C3)CC1. The summed E-state index contributed by atoms with van der Waals surface area (Å²) in [5.41, 5.74) is 3.76. The molecule has 1 aromatic heterocycles. The van der Waals surface area contributed by atoms with Crippen LogP contribution < -0.4 is 14.7 Å². The summed E-state index contributed by atoms with van der Waals surface area (Å²) in [6.07, 6.45) is 1.19. The largest absolute Gasteiger partial charge is 0.366 e. The minimum absolute atomic E-state index is 0.133. The molecule has 0 aliphatic carbocycles. The number of pyridine rings is 1. The third-order valence-corrected chi connectivity index (χ3v) is 8.90. The highest BCUT2D eigenvalue weighted by Gasteiger charge is 2.33. The van der Waals surface area contributed by atoms with Gasteiger partial charge in [-0.15, -0.1) is 0 Å². The Kier molecular flexibility index (Phi) is 7.89. The van der Waals surface area contributed by atoms with Gasteiger partial charge in [0, 0.05) is 88.5 Å². The summed E-state index contributed by atoms with van der Waals surface area (Å²) < 4.78 is 13.6. The summed E-state index contributed by atoms with van der Waals surface area (Å²) in [6.45, 7) is 10.5. The number of aromatic nitrogens is 1. The number of hydrogen-bond donors (Lipinski definition) is 0. The maximum absolute atomic E-state index is 13.6. The number of halogens is 1. The van der Waals surface area contributed by atoms with Crippen molar-refractivity contribution in [2.24, 2.45) is 0 Å². The zero-order chi connectivity index (χ0) is 30.1. The van der Waals surface area contributed by atoms with E-state index < -0.39 is 11.7 Å². The fourth-order valence-electron chi connectivity index (χ4n) is 6.58. The number of hydrogen-bond acceptors (Lipinski definition) is 7. The van der Waals surface area contributed by atoms with E-state index in [-0.39, 0.29) is 5.91 Å². The second-order valence-electron chi connectivity index (χ2n) is 11.3. The van der Waals surface area contributed by atoms with Crippen LogP contribution in [0.3, 0.4) is 0 Å². The van der Waals surface area contributed by atoms with Gasteiger partial charge < -0.3 is 24.5 Å². The molecule has 10 heteroatoms. The summed E-state index contributed by atoms with van der Waals surface area (Å²) in [6, 6.07) is 17.2. The lowest BCUT2D eigenvalue weighted by molar-refractivity contribution is -0.131. The van der Waals surface area contributed by atoms with Crippen LogP contribution in [0.1, 0.15) is 30.0 Å². The Balaban J connectivity index is 1.38. The first kappa shape index (κ1) is 28.5. The van der Waals surface area contributed by atoms with Crippen LogP contribution in [0.25, 0.3) is 10.8 Å². The zero-order valence-corrected chi connectivity index (χ0v) is 24.6. The van der Waals surface area contributed by atoms with E-state index in [2.05, 4.69) is 63.7 Å². The first-order valence-electron chi connectivity index (χ1n) is 15.0. The van der Waals surface area contributed by atoms with E-state index in [0.29, 0.717) is 76.7 Å². The van der Waals surface area contributed by atoms with Crippen LogP contribution in [-0.4, -0.2) is 85.5 Å². The lowest BCUT2D eigenvalue weighted by atomic mass is 9.94. The molecule has 0 spiro atoms. The van der Waals surface area contributed by atoms with Crippen LogP contribution in [-0.2, 0) is 22.6 Å². The van der Waals surface area contributed by atoms with E-state index in [1.165, 1.54) is 15.7 Å². The topological polar surface area (TPSA) is 87.0 Å². The number of piperazine rings is 2. The summed E-state index contributed by atoms with van der Waals surface area (Å²) in [7, 11) is 0. The van der Waals surface area contributed by atoms with Gasteiger partial charge in [0.1, 0.15) is 17.7 Å². The minimum atomic E-state index is -0.946. The Bertz CT molecular complexity index is 1610. The molecule has 6 rings (SSSR count). The van der Waals surface area contributed by atoms with Gasteiger partial charge in [-0.1, -0.05) is 49.9 Å². The average molecular weight is 582 g/mol. The molecular formula is C33H36FN7O2. The fourth-order valence-corrected chi connectivity index (χ4v) is 6.58. The predicted octanol–water partition coefficient (Wildman–Crippen LogP) is 3.86. The van der Waals surface area contributed by atoms with Crippen molar-refractivity contribution in [3.05, 3.63) is 71.6 Å². The van der Waals surface area contributed by atoms with E-state index in [9.17, 15) is 19.2 Å². The highest BCUT2D eigenvalue weighted by molar-refractivity contribution is 5.94. The second-order valence-corrected chi connectivity index (χ2v) is 11.3. The molecule has 0 bridgehead atoms. The molecule has 0 radical (unpaired) electrons. The molecule has 3 aromatic rings. The van der Waals surface area contributed by atoms with Crippen molar-refractivity contribution in [3.63, 3.8) is 0 Å². The van der Waals surface area contributed by atoms with Crippen LogP contribution in [0.4, 0.5) is 21.7 Å². The number of nitriles is 1. The van der Waals surface area contributed by atoms with E-state index in [4.69, 9.17) is 4.98 Å². The van der Waals surface area contributed by atoms with Crippen molar-refractivity contribution < 1.29 is 14.0 Å². The van der Waals surface area contributed by atoms with Gasteiger partial charge in [-0.05, 0) is 23.4 Å². The molecule has 3 aliphatic heterocycles. The average Bonchev–Trinajstić information content (AvgIpc) is 3.06. The molecule has 0 N–H and O–H groups in total. The number of carbonyl (C=O) groups excluding carboxylic acids is 2. The number of benzene rings is 2. The van der Waals surface area contributed by atoms with Gasteiger partial charge in [0.05, 0.1) is 5.56 Å². The van der Waals surface area contributed by atoms with Gasteiger partial charge in [0.2, 0.25) is 5.91 Å². The molecule has 2 amide bonds. The highest BCUT2D eigenvalue weighted by Crippen LogP contribution is 2.38. The maximum atomic E-state index is 13.6. The Morgan fingerprint density at radius 1 is 0.860 bits per heavy atom. The second kappa shape index (κ2) is 11.9. The smallest absolute Gasteiger partial charge is 0.282 e. The molecule has 0 unspecified atom stereocenters. The fraction of sp³-hybridized carbons (Fsp3) is 0.394. The standard InChI is InChI=1S/C33H36FN7O2/c1-3-30(42)37-13-15-39(16-14-37)32-27(21-35)28-22-41(29-10-6-8-24-7-4-5-9-25(24)29)12-11-26(28)31(36-32)38-17-19-40(20-18-38)33(43)23(2)34/h4-10H,2-3,11-20,22H2,1H3. The van der Waals surface area contributed by atoms with Gasteiger partial charge in [0.15, 0.2) is 5.83 Å². The lowest BCUT2D eigenvalue weighted by Gasteiger charge is -2.41. The van der Waals surface area contributed by atoms with Crippen LogP contribution in [0, 0.1) is 11.3 Å². The van der Waals surface area contributed by atoms with E-state index >= 15 is 0 Å². The van der Waals surface area contributed by atoms with Crippen molar-refractivity contribution >= 4 is 39.9 Å². The Morgan fingerprint density at radius 2 is 1.51 bits per heavy atom. The van der Waals surface area contributed by atoms with Gasteiger partial charge >= 0.3 is 0 Å². The Morgan fingerprint density at radius 3 is 2.19 bits per heavy atom. The Labute approximate surface area is 251 Å². The maximum Gasteiger partial charge on any atom is 0.282 e. The van der Waals surface area contributed by atoms with Crippen molar-refractivity contribution in [2.75, 3.05) is 73.6 Å². The molecule has 2 saturated heterocycles. The van der Waals surface area contributed by atoms with Crippen molar-refractivity contribution in [1.29, 1.82) is 5.26 Å². The first-order valence-corrected chi connectivity index (χ1v) is 15.0. The van der Waals surface area contributed by atoms with Gasteiger partial charge in [-0.3, -0.25) is 9.59 Å². The first-order chi connectivity index (χ1) is 20.9. The summed E-state index contributed by atoms with van der Waals surface area (Å²) in [5.74, 6) is 0.00245. The minimum Gasteiger partial charge on any atom is -0.366 e. The summed E-state index contributed by atoms with van der Waals surface area (Å²) >= 11 is 0. The molecule has 43 heavy (non-hydrogen) atoms. The number of fused-ring (bicyclic) bond motifs is 2. The van der Waals surface area contributed by atoms with Crippen LogP contribution >= 0.6 is 0 Å². The van der Waals surface area contributed by atoms with Gasteiger partial charge in [-0.25, -0.2) is 9.37 Å². The number of amides is 2. The van der Waals surface area contributed by atoms with Crippen LogP contribution in [0.15, 0.2) is 54.9 Å². The van der Waals surface area contributed by atoms with Crippen LogP contribution in [0.5, 0.6) is 0 Å². The molecule has 0 saturated carbocycles. The van der Waals surface area contributed by atoms with Gasteiger partial charge in [0.25, 0.3) is 5.91 Å². The lowest BCUT2D eigenvalue weighted by Crippen LogP contribution is -2.50. The van der Waals surface area contributed by atoms with Crippen molar-refractivity contribution in [1.82, 2.24) is 14.8 Å². The zero-order valence-electron chi connectivity index (χ0n) is 24.6. The quantitative estimate of drug-likeness (QED) is 0.423. The third kappa shape index (κ3) is 5.36. The molecule has 222 valence electrons. The monoisotopic (exact) mass is 581 g/mol. The molecule has 4 heterocycles. The number of carbonyl (C=O) groups is 2. The molecular weight excluding hydrogens is 545 g/mol. The predicted molar refractivity (Wildman–Crippen MR) is 166 cm³/mol. The van der Waals surface area contributed by atoms with Gasteiger partial charge in [-0.2, -0.15) is 5.26 Å². The molecule has 3 aliphatic rings. The van der Waals surface area contributed by atoms with Crippen molar-refractivity contribution in [3.8, 4) is 6.07 Å². The Hall–Kier alpha value is -4.65. The molecule has 0 atom stereocenters. The number of rotatable bonds is 5. The number of anilines is 3.